The summed E-state index contributed by atoms with van der Waals surface area (Å²) in [7, 11) is 0. The van der Waals surface area contributed by atoms with Crippen LogP contribution in [0.3, 0.4) is 0 Å². The smallest absolute Gasteiger partial charge is 0.312 e. The fourth-order valence-corrected chi connectivity index (χ4v) is 2.78. The third kappa shape index (κ3) is 1.69. The van der Waals surface area contributed by atoms with Crippen molar-refractivity contribution in [2.45, 2.75) is 32.3 Å². The number of ether oxygens (including phenoxy) is 2. The average Bonchev–Trinajstić information content (AvgIpc) is 2.75. The summed E-state index contributed by atoms with van der Waals surface area (Å²) in [5, 5.41) is 0. The Labute approximate surface area is 90.4 Å². The Morgan fingerprint density at radius 3 is 2.87 bits per heavy atom. The van der Waals surface area contributed by atoms with Gasteiger partial charge in [0, 0.05) is 6.61 Å². The minimum Gasteiger partial charge on any atom is -0.466 e. The molecule has 0 aromatic heterocycles. The maximum atomic E-state index is 11.8. The Bertz CT molecular complexity index is 285. The molecule has 2 aliphatic carbocycles. The Kier molecular flexibility index (Phi) is 2.83. The summed E-state index contributed by atoms with van der Waals surface area (Å²) in [4.78, 5) is 11.8. The topological polar surface area (TPSA) is 35.5 Å². The molecule has 0 radical (unpaired) electrons. The zero-order chi connectivity index (χ0) is 10.9. The van der Waals surface area contributed by atoms with E-state index in [0.717, 1.165) is 12.8 Å². The highest BCUT2D eigenvalue weighted by Crippen LogP contribution is 2.49. The number of carbonyl (C=O) groups is 1. The van der Waals surface area contributed by atoms with Gasteiger partial charge >= 0.3 is 5.97 Å². The van der Waals surface area contributed by atoms with E-state index in [1.165, 1.54) is 0 Å². The molecule has 0 aromatic rings. The van der Waals surface area contributed by atoms with Crippen molar-refractivity contribution in [2.75, 3.05) is 13.2 Å². The van der Waals surface area contributed by atoms with Gasteiger partial charge in [0.15, 0.2) is 0 Å². The minimum absolute atomic E-state index is 0.0904. The van der Waals surface area contributed by atoms with Gasteiger partial charge in [0.2, 0.25) is 0 Å². The summed E-state index contributed by atoms with van der Waals surface area (Å²) in [5.74, 6) is 0.316. The summed E-state index contributed by atoms with van der Waals surface area (Å²) in [5.41, 5.74) is -0.355. The Morgan fingerprint density at radius 1 is 1.47 bits per heavy atom. The number of hydrogen-bond acceptors (Lipinski definition) is 3. The van der Waals surface area contributed by atoms with Gasteiger partial charge < -0.3 is 9.47 Å². The molecule has 3 atom stereocenters. The summed E-state index contributed by atoms with van der Waals surface area (Å²) in [6.07, 6.45) is 6.07. The van der Waals surface area contributed by atoms with Crippen molar-refractivity contribution in [3.63, 3.8) is 0 Å². The zero-order valence-electron chi connectivity index (χ0n) is 9.36. The van der Waals surface area contributed by atoms with Crippen molar-refractivity contribution >= 4 is 5.97 Å². The van der Waals surface area contributed by atoms with Gasteiger partial charge in [-0.05, 0) is 32.6 Å². The first-order valence-electron chi connectivity index (χ1n) is 5.71. The first-order chi connectivity index (χ1) is 7.22. The highest BCUT2D eigenvalue weighted by Gasteiger charge is 2.53. The third-order valence-electron chi connectivity index (χ3n) is 3.34. The van der Waals surface area contributed by atoms with Gasteiger partial charge in [-0.1, -0.05) is 12.2 Å². The van der Waals surface area contributed by atoms with E-state index in [9.17, 15) is 4.79 Å². The quantitative estimate of drug-likeness (QED) is 0.525. The lowest BCUT2D eigenvalue weighted by Gasteiger charge is -2.30. The van der Waals surface area contributed by atoms with Crippen molar-refractivity contribution in [2.24, 2.45) is 11.8 Å². The second-order valence-corrected chi connectivity index (χ2v) is 4.25. The van der Waals surface area contributed by atoms with Gasteiger partial charge in [0.25, 0.3) is 0 Å². The van der Waals surface area contributed by atoms with Gasteiger partial charge in [0.1, 0.15) is 5.60 Å². The van der Waals surface area contributed by atoms with Crippen LogP contribution in [0.4, 0.5) is 0 Å². The summed E-state index contributed by atoms with van der Waals surface area (Å²) in [6, 6.07) is 0. The monoisotopic (exact) mass is 210 g/mol. The maximum Gasteiger partial charge on any atom is 0.312 e. The molecule has 2 rings (SSSR count). The number of rotatable bonds is 4. The van der Waals surface area contributed by atoms with E-state index >= 15 is 0 Å². The standard InChI is InChI=1S/C12H18O3/c1-3-14-11(13)10-7-9-5-6-12(10,8-9)15-4-2/h5-6,9-10H,3-4,7-8H2,1-2H3. The van der Waals surface area contributed by atoms with E-state index in [-0.39, 0.29) is 17.5 Å². The number of carbonyl (C=O) groups excluding carboxylic acids is 1. The SMILES string of the molecule is CCOC(=O)C1CC2C=CC1(OCC)C2. The fraction of sp³-hybridized carbons (Fsp3) is 0.750. The number of esters is 1. The molecular weight excluding hydrogens is 192 g/mol. The van der Waals surface area contributed by atoms with Crippen molar-refractivity contribution in [1.82, 2.24) is 0 Å². The first kappa shape index (κ1) is 10.7. The van der Waals surface area contributed by atoms with E-state index in [1.807, 2.05) is 13.8 Å². The average molecular weight is 210 g/mol. The number of fused-ring (bicyclic) bond motifs is 2. The van der Waals surface area contributed by atoms with Crippen molar-refractivity contribution in [3.8, 4) is 0 Å². The molecule has 15 heavy (non-hydrogen) atoms. The maximum absolute atomic E-state index is 11.8. The van der Waals surface area contributed by atoms with Gasteiger partial charge in [-0.25, -0.2) is 0 Å². The molecule has 3 nitrogen and oxygen atoms in total. The second kappa shape index (κ2) is 3.97. The van der Waals surface area contributed by atoms with Gasteiger partial charge in [-0.2, -0.15) is 0 Å². The summed E-state index contributed by atoms with van der Waals surface area (Å²) < 4.78 is 10.9. The number of hydrogen-bond donors (Lipinski definition) is 0. The third-order valence-corrected chi connectivity index (χ3v) is 3.34. The highest BCUT2D eigenvalue weighted by atomic mass is 16.5. The lowest BCUT2D eigenvalue weighted by Crippen LogP contribution is -2.39. The van der Waals surface area contributed by atoms with Crippen LogP contribution >= 0.6 is 0 Å². The molecule has 0 amide bonds. The van der Waals surface area contributed by atoms with Crippen LogP contribution in [0.1, 0.15) is 26.7 Å². The highest BCUT2D eigenvalue weighted by molar-refractivity contribution is 5.75. The molecule has 1 saturated carbocycles. The van der Waals surface area contributed by atoms with E-state index in [2.05, 4.69) is 12.2 Å². The van der Waals surface area contributed by atoms with Crippen molar-refractivity contribution in [1.29, 1.82) is 0 Å². The Balaban J connectivity index is 2.12. The zero-order valence-corrected chi connectivity index (χ0v) is 9.36. The van der Waals surface area contributed by atoms with Gasteiger partial charge in [-0.3, -0.25) is 4.79 Å². The van der Waals surface area contributed by atoms with Crippen LogP contribution in [-0.2, 0) is 14.3 Å². The summed E-state index contributed by atoms with van der Waals surface area (Å²) in [6.45, 7) is 4.91. The molecular formula is C12H18O3. The predicted octanol–water partition coefficient (Wildman–Crippen LogP) is 1.92. The second-order valence-electron chi connectivity index (χ2n) is 4.25. The van der Waals surface area contributed by atoms with Crippen LogP contribution in [0.2, 0.25) is 0 Å². The van der Waals surface area contributed by atoms with E-state index < -0.39 is 0 Å². The van der Waals surface area contributed by atoms with Crippen LogP contribution in [0.25, 0.3) is 0 Å². The lowest BCUT2D eigenvalue weighted by molar-refractivity contribution is -0.156. The molecule has 2 aliphatic rings. The molecule has 84 valence electrons. The lowest BCUT2D eigenvalue weighted by atomic mass is 9.89. The van der Waals surface area contributed by atoms with Crippen molar-refractivity contribution in [3.05, 3.63) is 12.2 Å². The molecule has 0 aliphatic heterocycles. The molecule has 1 fully saturated rings. The Morgan fingerprint density at radius 2 is 2.27 bits per heavy atom. The number of allylic oxidation sites excluding steroid dienone is 1. The Hall–Kier alpha value is -0.830. The van der Waals surface area contributed by atoms with Crippen molar-refractivity contribution < 1.29 is 14.3 Å². The summed E-state index contributed by atoms with van der Waals surface area (Å²) >= 11 is 0. The van der Waals surface area contributed by atoms with Crippen LogP contribution in [0.15, 0.2) is 12.2 Å². The predicted molar refractivity (Wildman–Crippen MR) is 56.3 cm³/mol. The van der Waals surface area contributed by atoms with Gasteiger partial charge in [0.05, 0.1) is 12.5 Å². The van der Waals surface area contributed by atoms with E-state index in [4.69, 9.17) is 9.47 Å². The molecule has 0 saturated heterocycles. The largest absolute Gasteiger partial charge is 0.466 e. The van der Waals surface area contributed by atoms with Crippen LogP contribution in [-0.4, -0.2) is 24.8 Å². The molecule has 0 heterocycles. The normalized spacial score (nSPS) is 37.2. The van der Waals surface area contributed by atoms with E-state index in [0.29, 0.717) is 19.1 Å². The van der Waals surface area contributed by atoms with E-state index in [1.54, 1.807) is 0 Å². The minimum atomic E-state index is -0.355. The molecule has 3 unspecified atom stereocenters. The molecule has 0 spiro atoms. The van der Waals surface area contributed by atoms with Gasteiger partial charge in [-0.15, -0.1) is 0 Å². The molecule has 0 aromatic carbocycles. The van der Waals surface area contributed by atoms with Crippen LogP contribution < -0.4 is 0 Å². The molecule has 3 heteroatoms. The van der Waals surface area contributed by atoms with Crippen LogP contribution in [0, 0.1) is 11.8 Å². The molecule has 2 bridgehead atoms. The molecule has 0 N–H and O–H groups in total. The van der Waals surface area contributed by atoms with Crippen LogP contribution in [0.5, 0.6) is 0 Å². The fourth-order valence-electron chi connectivity index (χ4n) is 2.78. The first-order valence-corrected chi connectivity index (χ1v) is 5.71.